The average molecular weight is 427 g/mol. The molecule has 2 rings (SSSR count). The molecule has 0 amide bonds. The van der Waals surface area contributed by atoms with Crippen molar-refractivity contribution < 1.29 is 4.74 Å². The first-order chi connectivity index (χ1) is 6.99. The molecule has 1 aliphatic heterocycles. The molecule has 0 bridgehead atoms. The summed E-state index contributed by atoms with van der Waals surface area (Å²) in [5.74, 6) is 0.780. The van der Waals surface area contributed by atoms with Crippen LogP contribution in [0.4, 0.5) is 0 Å². The Balaban J connectivity index is 2.44. The van der Waals surface area contributed by atoms with Gasteiger partial charge in [0.25, 0.3) is 0 Å². The van der Waals surface area contributed by atoms with Crippen molar-refractivity contribution in [2.24, 2.45) is 4.99 Å². The zero-order chi connectivity index (χ0) is 11.1. The van der Waals surface area contributed by atoms with Crippen LogP contribution in [0.15, 0.2) is 23.2 Å². The topological polar surface area (TPSA) is 21.6 Å². The normalized spacial score (nSPS) is 18.5. The molecular weight excluding hydrogens is 416 g/mol. The van der Waals surface area contributed by atoms with Crippen LogP contribution in [0, 0.1) is 7.14 Å². The summed E-state index contributed by atoms with van der Waals surface area (Å²) in [6.07, 6.45) is 0. The summed E-state index contributed by atoms with van der Waals surface area (Å²) in [7, 11) is 0. The molecule has 0 spiro atoms. The Hall–Kier alpha value is 0.150. The van der Waals surface area contributed by atoms with Gasteiger partial charge in [-0.1, -0.05) is 6.07 Å². The van der Waals surface area contributed by atoms with Gasteiger partial charge >= 0.3 is 0 Å². The van der Waals surface area contributed by atoms with Gasteiger partial charge in [0.05, 0.1) is 11.1 Å². The highest BCUT2D eigenvalue weighted by atomic mass is 127. The SMILES string of the molecule is CC1(C)COC(c2cccc(I)c2I)=N1. The Morgan fingerprint density at radius 1 is 1.33 bits per heavy atom. The Kier molecular flexibility index (Phi) is 3.25. The van der Waals surface area contributed by atoms with Crippen LogP contribution in [0.1, 0.15) is 19.4 Å². The molecule has 0 saturated carbocycles. The van der Waals surface area contributed by atoms with Gasteiger partial charge in [-0.2, -0.15) is 0 Å². The molecule has 15 heavy (non-hydrogen) atoms. The fourth-order valence-corrected chi connectivity index (χ4v) is 2.48. The summed E-state index contributed by atoms with van der Waals surface area (Å²) in [4.78, 5) is 4.58. The van der Waals surface area contributed by atoms with E-state index in [1.54, 1.807) is 0 Å². The van der Waals surface area contributed by atoms with E-state index in [4.69, 9.17) is 4.74 Å². The van der Waals surface area contributed by atoms with Crippen LogP contribution in [-0.4, -0.2) is 18.0 Å². The summed E-state index contributed by atoms with van der Waals surface area (Å²) >= 11 is 4.67. The van der Waals surface area contributed by atoms with Crippen LogP contribution in [0.5, 0.6) is 0 Å². The summed E-state index contributed by atoms with van der Waals surface area (Å²) in [5.41, 5.74) is 1.02. The van der Waals surface area contributed by atoms with Crippen LogP contribution in [-0.2, 0) is 4.74 Å². The van der Waals surface area contributed by atoms with Crippen molar-refractivity contribution in [1.82, 2.24) is 0 Å². The molecule has 0 fully saturated rings. The van der Waals surface area contributed by atoms with E-state index >= 15 is 0 Å². The molecule has 0 atom stereocenters. The maximum absolute atomic E-state index is 5.63. The Labute approximate surface area is 117 Å². The average Bonchev–Trinajstić information content (AvgIpc) is 2.51. The number of nitrogens with zero attached hydrogens (tertiary/aromatic N) is 1. The van der Waals surface area contributed by atoms with E-state index in [0.29, 0.717) is 6.61 Å². The fourth-order valence-electron chi connectivity index (χ4n) is 1.39. The van der Waals surface area contributed by atoms with Gasteiger partial charge in [0.15, 0.2) is 0 Å². The van der Waals surface area contributed by atoms with Crippen LogP contribution < -0.4 is 0 Å². The third kappa shape index (κ3) is 2.46. The Morgan fingerprint density at radius 3 is 2.67 bits per heavy atom. The summed E-state index contributed by atoms with van der Waals surface area (Å²) in [6, 6.07) is 6.19. The number of ether oxygens (including phenoxy) is 1. The molecule has 0 saturated heterocycles. The Morgan fingerprint density at radius 2 is 2.07 bits per heavy atom. The minimum absolute atomic E-state index is 0.0836. The molecule has 0 N–H and O–H groups in total. The van der Waals surface area contributed by atoms with Crippen molar-refractivity contribution in [1.29, 1.82) is 0 Å². The van der Waals surface area contributed by atoms with Crippen molar-refractivity contribution >= 4 is 51.1 Å². The van der Waals surface area contributed by atoms with E-state index in [0.717, 1.165) is 11.5 Å². The first kappa shape index (κ1) is 11.6. The molecule has 1 heterocycles. The predicted molar refractivity (Wildman–Crippen MR) is 78.4 cm³/mol. The second kappa shape index (κ2) is 4.20. The minimum Gasteiger partial charge on any atom is -0.475 e. The number of aliphatic imine (C=N–C) groups is 1. The molecule has 0 unspecified atom stereocenters. The highest BCUT2D eigenvalue weighted by Crippen LogP contribution is 2.25. The fraction of sp³-hybridized carbons (Fsp3) is 0.364. The number of hydrogen-bond acceptors (Lipinski definition) is 2. The maximum Gasteiger partial charge on any atom is 0.217 e. The molecule has 4 heteroatoms. The van der Waals surface area contributed by atoms with Gasteiger partial charge in [-0.05, 0) is 71.2 Å². The molecular formula is C11H11I2NO. The lowest BCUT2D eigenvalue weighted by molar-refractivity contribution is 0.279. The van der Waals surface area contributed by atoms with Crippen molar-refractivity contribution in [2.45, 2.75) is 19.4 Å². The molecule has 1 aliphatic rings. The molecule has 1 aromatic rings. The number of halogens is 2. The lowest BCUT2D eigenvalue weighted by Gasteiger charge is -2.07. The minimum atomic E-state index is -0.0836. The van der Waals surface area contributed by atoms with Crippen molar-refractivity contribution in [3.8, 4) is 0 Å². The summed E-state index contributed by atoms with van der Waals surface area (Å²) in [5, 5.41) is 0. The number of hydrogen-bond donors (Lipinski definition) is 0. The molecule has 2 nitrogen and oxygen atoms in total. The third-order valence-corrected chi connectivity index (χ3v) is 5.24. The number of rotatable bonds is 1. The molecule has 80 valence electrons. The van der Waals surface area contributed by atoms with E-state index in [1.165, 1.54) is 7.14 Å². The highest BCUT2D eigenvalue weighted by molar-refractivity contribution is 14.1. The van der Waals surface area contributed by atoms with Gasteiger partial charge in [0.1, 0.15) is 6.61 Å². The van der Waals surface area contributed by atoms with Crippen LogP contribution in [0.2, 0.25) is 0 Å². The van der Waals surface area contributed by atoms with E-state index in [-0.39, 0.29) is 5.54 Å². The van der Waals surface area contributed by atoms with Crippen LogP contribution in [0.3, 0.4) is 0 Å². The second-order valence-electron chi connectivity index (χ2n) is 4.12. The smallest absolute Gasteiger partial charge is 0.217 e. The lowest BCUT2D eigenvalue weighted by Crippen LogP contribution is -2.17. The van der Waals surface area contributed by atoms with E-state index < -0.39 is 0 Å². The number of benzene rings is 1. The van der Waals surface area contributed by atoms with Gasteiger partial charge in [0.2, 0.25) is 5.90 Å². The zero-order valence-electron chi connectivity index (χ0n) is 8.55. The summed E-state index contributed by atoms with van der Waals surface area (Å²) < 4.78 is 8.08. The molecule has 0 aliphatic carbocycles. The Bertz CT molecular complexity index is 427. The monoisotopic (exact) mass is 427 g/mol. The van der Waals surface area contributed by atoms with Gasteiger partial charge in [-0.15, -0.1) is 0 Å². The zero-order valence-corrected chi connectivity index (χ0v) is 12.9. The van der Waals surface area contributed by atoms with Gasteiger partial charge < -0.3 is 4.74 Å². The highest BCUT2D eigenvalue weighted by Gasteiger charge is 2.28. The first-order valence-corrected chi connectivity index (χ1v) is 6.82. The maximum atomic E-state index is 5.63. The van der Waals surface area contributed by atoms with Gasteiger partial charge in [-0.25, -0.2) is 4.99 Å². The largest absolute Gasteiger partial charge is 0.475 e. The second-order valence-corrected chi connectivity index (χ2v) is 6.36. The van der Waals surface area contributed by atoms with E-state index in [2.05, 4.69) is 76.2 Å². The van der Waals surface area contributed by atoms with E-state index in [1.807, 2.05) is 6.07 Å². The standard InChI is InChI=1S/C11H11I2NO/c1-11(2)6-15-10(14-11)7-4-3-5-8(12)9(7)13/h3-5H,6H2,1-2H3. The lowest BCUT2D eigenvalue weighted by atomic mass is 10.1. The molecule has 1 aromatic carbocycles. The van der Waals surface area contributed by atoms with Crippen LogP contribution >= 0.6 is 45.2 Å². The van der Waals surface area contributed by atoms with Gasteiger partial charge in [0, 0.05) is 7.14 Å². The molecule has 0 aromatic heterocycles. The molecule has 0 radical (unpaired) electrons. The predicted octanol–water partition coefficient (Wildman–Crippen LogP) is 3.45. The first-order valence-electron chi connectivity index (χ1n) is 4.67. The van der Waals surface area contributed by atoms with Crippen molar-refractivity contribution in [3.05, 3.63) is 30.9 Å². The van der Waals surface area contributed by atoms with Crippen molar-refractivity contribution in [2.75, 3.05) is 6.61 Å². The van der Waals surface area contributed by atoms with E-state index in [9.17, 15) is 0 Å². The van der Waals surface area contributed by atoms with Crippen molar-refractivity contribution in [3.63, 3.8) is 0 Å². The quantitative estimate of drug-likeness (QED) is 0.630. The van der Waals surface area contributed by atoms with Gasteiger partial charge in [-0.3, -0.25) is 0 Å². The third-order valence-electron chi connectivity index (χ3n) is 2.15. The summed E-state index contributed by atoms with van der Waals surface area (Å²) in [6.45, 7) is 4.84. The van der Waals surface area contributed by atoms with Crippen LogP contribution in [0.25, 0.3) is 0 Å².